The molecule has 2 atom stereocenters. The molecule has 2 aromatic rings. The van der Waals surface area contributed by atoms with Crippen LogP contribution in [0, 0.1) is 5.82 Å². The predicted molar refractivity (Wildman–Crippen MR) is 98.2 cm³/mol. The Morgan fingerprint density at radius 3 is 2.48 bits per heavy atom. The summed E-state index contributed by atoms with van der Waals surface area (Å²) in [4.78, 5) is 14.1. The second kappa shape index (κ2) is 8.49. The second-order valence-electron chi connectivity index (χ2n) is 6.47. The lowest BCUT2D eigenvalue weighted by molar-refractivity contribution is -0.274. The Bertz CT molecular complexity index is 873. The van der Waals surface area contributed by atoms with Crippen LogP contribution in [0.25, 0.3) is 0 Å². The summed E-state index contributed by atoms with van der Waals surface area (Å²) in [6, 6.07) is 9.16. The summed E-state index contributed by atoms with van der Waals surface area (Å²) >= 11 is 6.16. The van der Waals surface area contributed by atoms with Crippen LogP contribution in [0.3, 0.4) is 0 Å². The summed E-state index contributed by atoms with van der Waals surface area (Å²) in [5.41, 5.74) is 1.08. The highest BCUT2D eigenvalue weighted by molar-refractivity contribution is 6.31. The van der Waals surface area contributed by atoms with E-state index in [0.717, 1.165) is 0 Å². The van der Waals surface area contributed by atoms with E-state index < -0.39 is 23.6 Å². The lowest BCUT2D eigenvalue weighted by atomic mass is 10.0. The number of hydrogen-bond acceptors (Lipinski definition) is 3. The van der Waals surface area contributed by atoms with Crippen LogP contribution in [-0.4, -0.2) is 29.2 Å². The van der Waals surface area contributed by atoms with Gasteiger partial charge in [0.25, 0.3) is 0 Å². The zero-order chi connectivity index (χ0) is 21.2. The fraction of sp³-hybridized carbons (Fsp3) is 0.350. The Morgan fingerprint density at radius 1 is 1.17 bits per heavy atom. The molecule has 1 amide bonds. The zero-order valence-corrected chi connectivity index (χ0v) is 16.1. The fourth-order valence-electron chi connectivity index (χ4n) is 3.32. The average molecular weight is 432 g/mol. The molecule has 1 heterocycles. The Morgan fingerprint density at radius 2 is 1.86 bits per heavy atom. The third-order valence-electron chi connectivity index (χ3n) is 4.51. The molecule has 156 valence electrons. The minimum absolute atomic E-state index is 0.0671. The number of amides is 1. The number of para-hydroxylation sites is 1. The molecule has 9 heteroatoms. The number of benzene rings is 2. The van der Waals surface area contributed by atoms with Crippen LogP contribution in [0.2, 0.25) is 0 Å². The van der Waals surface area contributed by atoms with Crippen LogP contribution in [0.15, 0.2) is 42.5 Å². The summed E-state index contributed by atoms with van der Waals surface area (Å²) in [7, 11) is 0. The summed E-state index contributed by atoms with van der Waals surface area (Å²) in [5.74, 6) is -1.16. The van der Waals surface area contributed by atoms with Gasteiger partial charge < -0.3 is 14.4 Å². The summed E-state index contributed by atoms with van der Waals surface area (Å²) in [5, 5.41) is -0.787. The lowest BCUT2D eigenvalue weighted by Crippen LogP contribution is -2.29. The molecule has 0 bridgehead atoms. The molecule has 0 radical (unpaired) electrons. The van der Waals surface area contributed by atoms with Crippen LogP contribution in [-0.2, 0) is 11.3 Å². The van der Waals surface area contributed by atoms with Gasteiger partial charge in [0.1, 0.15) is 11.1 Å². The van der Waals surface area contributed by atoms with Gasteiger partial charge in [-0.15, -0.1) is 24.8 Å². The first-order valence-electron chi connectivity index (χ1n) is 8.90. The third-order valence-corrected chi connectivity index (χ3v) is 4.88. The Labute approximate surface area is 170 Å². The molecule has 1 saturated heterocycles. The van der Waals surface area contributed by atoms with Crippen molar-refractivity contribution in [2.75, 3.05) is 6.61 Å². The van der Waals surface area contributed by atoms with Gasteiger partial charge in [-0.25, -0.2) is 4.39 Å². The van der Waals surface area contributed by atoms with Crippen molar-refractivity contribution < 1.29 is 31.8 Å². The van der Waals surface area contributed by atoms with Gasteiger partial charge in [0.2, 0.25) is 5.91 Å². The molecule has 1 fully saturated rings. The largest absolute Gasteiger partial charge is 0.573 e. The van der Waals surface area contributed by atoms with Gasteiger partial charge in [-0.05, 0) is 37.1 Å². The number of halogens is 5. The smallest absolute Gasteiger partial charge is 0.490 e. The van der Waals surface area contributed by atoms with Crippen molar-refractivity contribution in [1.82, 2.24) is 4.90 Å². The molecule has 1 aliphatic heterocycles. The molecule has 0 N–H and O–H groups in total. The van der Waals surface area contributed by atoms with E-state index in [1.54, 1.807) is 13.0 Å². The Hall–Kier alpha value is -2.48. The maximum absolute atomic E-state index is 14.3. The van der Waals surface area contributed by atoms with Gasteiger partial charge in [-0.1, -0.05) is 24.3 Å². The fourth-order valence-corrected chi connectivity index (χ4v) is 3.61. The first kappa shape index (κ1) is 21.2. The molecule has 2 aromatic carbocycles. The summed E-state index contributed by atoms with van der Waals surface area (Å²) < 4.78 is 60.4. The zero-order valence-electron chi connectivity index (χ0n) is 15.4. The van der Waals surface area contributed by atoms with E-state index in [0.29, 0.717) is 11.1 Å². The average Bonchev–Trinajstić information content (AvgIpc) is 2.92. The van der Waals surface area contributed by atoms with Gasteiger partial charge in [-0.2, -0.15) is 0 Å². The number of carbonyl (C=O) groups is 1. The van der Waals surface area contributed by atoms with E-state index >= 15 is 0 Å². The van der Waals surface area contributed by atoms with Gasteiger partial charge in [-0.3, -0.25) is 4.79 Å². The number of likely N-dealkylation sites (tertiary alicyclic amines) is 1. The molecular formula is C20H18ClF4NO3. The lowest BCUT2D eigenvalue weighted by Gasteiger charge is -2.27. The van der Waals surface area contributed by atoms with E-state index in [-0.39, 0.29) is 37.0 Å². The summed E-state index contributed by atoms with van der Waals surface area (Å²) in [6.07, 6.45) is -4.52. The molecule has 0 unspecified atom stereocenters. The summed E-state index contributed by atoms with van der Waals surface area (Å²) in [6.45, 7) is 2.07. The van der Waals surface area contributed by atoms with Gasteiger partial charge in [0.15, 0.2) is 11.6 Å². The maximum atomic E-state index is 14.3. The van der Waals surface area contributed by atoms with Crippen LogP contribution in [0.1, 0.15) is 30.5 Å². The molecule has 0 spiro atoms. The normalized spacial score (nSPS) is 19.5. The predicted octanol–water partition coefficient (Wildman–Crippen LogP) is 5.20. The van der Waals surface area contributed by atoms with Crippen molar-refractivity contribution in [1.29, 1.82) is 0 Å². The standard InChI is InChI=1S/C20H18ClF4NO3/c1-2-28-18-14(4-3-5-16(18)22)17-10-15(21)19(27)26(17)11-12-6-8-13(9-7-12)29-20(23,24)25/h3-9,15,17H,2,10-11H2,1H3/t15-,17+/m0/s1. The van der Waals surface area contributed by atoms with E-state index in [4.69, 9.17) is 16.3 Å². The van der Waals surface area contributed by atoms with Crippen LogP contribution in [0.4, 0.5) is 17.6 Å². The van der Waals surface area contributed by atoms with E-state index in [1.165, 1.54) is 41.3 Å². The van der Waals surface area contributed by atoms with Crippen molar-refractivity contribution in [3.05, 3.63) is 59.4 Å². The Balaban J connectivity index is 1.86. The highest BCUT2D eigenvalue weighted by Gasteiger charge is 2.40. The first-order chi connectivity index (χ1) is 13.7. The molecule has 4 nitrogen and oxygen atoms in total. The number of carbonyl (C=O) groups excluding carboxylic acids is 1. The van der Waals surface area contributed by atoms with Crippen LogP contribution >= 0.6 is 11.6 Å². The van der Waals surface area contributed by atoms with Crippen molar-refractivity contribution in [3.63, 3.8) is 0 Å². The number of hydrogen-bond donors (Lipinski definition) is 0. The number of nitrogens with zero attached hydrogens (tertiary/aromatic N) is 1. The van der Waals surface area contributed by atoms with Crippen molar-refractivity contribution >= 4 is 17.5 Å². The topological polar surface area (TPSA) is 38.8 Å². The molecule has 1 aliphatic rings. The molecule has 0 saturated carbocycles. The van der Waals surface area contributed by atoms with Crippen LogP contribution < -0.4 is 9.47 Å². The van der Waals surface area contributed by atoms with Crippen LogP contribution in [0.5, 0.6) is 11.5 Å². The molecule has 0 aliphatic carbocycles. The minimum Gasteiger partial charge on any atom is -0.490 e. The second-order valence-corrected chi connectivity index (χ2v) is 6.99. The SMILES string of the molecule is CCOc1c(F)cccc1[C@H]1C[C@H](Cl)C(=O)N1Cc1ccc(OC(F)(F)F)cc1. The van der Waals surface area contributed by atoms with E-state index in [2.05, 4.69) is 4.74 Å². The molecule has 3 rings (SSSR count). The molecule has 0 aromatic heterocycles. The molecular weight excluding hydrogens is 414 g/mol. The highest BCUT2D eigenvalue weighted by Crippen LogP contribution is 2.41. The number of alkyl halides is 4. The number of rotatable bonds is 6. The van der Waals surface area contributed by atoms with Gasteiger partial charge >= 0.3 is 6.36 Å². The van der Waals surface area contributed by atoms with E-state index in [1.807, 2.05) is 0 Å². The first-order valence-corrected chi connectivity index (χ1v) is 9.33. The minimum atomic E-state index is -4.78. The van der Waals surface area contributed by atoms with Gasteiger partial charge in [0, 0.05) is 12.1 Å². The van der Waals surface area contributed by atoms with E-state index in [9.17, 15) is 22.4 Å². The number of ether oxygens (including phenoxy) is 2. The highest BCUT2D eigenvalue weighted by atomic mass is 35.5. The van der Waals surface area contributed by atoms with Gasteiger partial charge in [0.05, 0.1) is 12.6 Å². The van der Waals surface area contributed by atoms with Crippen molar-refractivity contribution in [2.45, 2.75) is 37.7 Å². The third kappa shape index (κ3) is 4.93. The van der Waals surface area contributed by atoms with Crippen molar-refractivity contribution in [2.24, 2.45) is 0 Å². The van der Waals surface area contributed by atoms with Crippen molar-refractivity contribution in [3.8, 4) is 11.5 Å². The monoisotopic (exact) mass is 431 g/mol. The molecule has 29 heavy (non-hydrogen) atoms. The Kier molecular flexibility index (Phi) is 6.21. The quantitative estimate of drug-likeness (QED) is 0.466. The maximum Gasteiger partial charge on any atom is 0.573 e.